The van der Waals surface area contributed by atoms with E-state index in [0.29, 0.717) is 6.42 Å². The summed E-state index contributed by atoms with van der Waals surface area (Å²) in [5.41, 5.74) is 6.32. The number of amides is 1. The normalized spacial score (nSPS) is 12.0. The number of carbonyl (C=O) groups excluding carboxylic acids is 2. The topological polar surface area (TPSA) is 71.2 Å². The fraction of sp³-hybridized carbons (Fsp3) is 0.333. The van der Waals surface area contributed by atoms with Gasteiger partial charge >= 0.3 is 5.97 Å². The van der Waals surface area contributed by atoms with Crippen LogP contribution in [0.3, 0.4) is 0 Å². The Morgan fingerprint density at radius 1 is 1.10 bits per heavy atom. The molecule has 0 aliphatic heterocycles. The molecule has 152 valence electrons. The minimum Gasteiger partial charge on any atom is -0.464 e. The molecule has 2 aromatic carbocycles. The lowest BCUT2D eigenvalue weighted by molar-refractivity contribution is -0.147. The van der Waals surface area contributed by atoms with E-state index in [-0.39, 0.29) is 18.9 Å². The average Bonchev–Trinajstić information content (AvgIpc) is 3.07. The number of rotatable bonds is 7. The van der Waals surface area contributed by atoms with E-state index in [0.717, 1.165) is 33.2 Å². The first-order valence-corrected chi connectivity index (χ1v) is 9.96. The third-order valence-electron chi connectivity index (χ3n) is 5.18. The molecule has 29 heavy (non-hydrogen) atoms. The van der Waals surface area contributed by atoms with Gasteiger partial charge in [0.05, 0.1) is 13.0 Å². The predicted octanol–water partition coefficient (Wildman–Crippen LogP) is 3.93. The second-order valence-electron chi connectivity index (χ2n) is 7.49. The molecule has 1 amide bonds. The van der Waals surface area contributed by atoms with Gasteiger partial charge in [-0.25, -0.2) is 4.79 Å². The number of aryl methyl sites for hydroxylation is 3. The number of H-pyrrole nitrogens is 1. The smallest absolute Gasteiger partial charge is 0.328 e. The molecule has 1 heterocycles. The molecule has 1 atom stereocenters. The van der Waals surface area contributed by atoms with Crippen molar-refractivity contribution in [3.05, 3.63) is 70.4 Å². The van der Waals surface area contributed by atoms with Gasteiger partial charge in [-0.05, 0) is 56.0 Å². The number of esters is 1. The monoisotopic (exact) mass is 392 g/mol. The molecule has 3 aromatic rings. The zero-order valence-corrected chi connectivity index (χ0v) is 17.5. The second kappa shape index (κ2) is 8.95. The summed E-state index contributed by atoms with van der Waals surface area (Å²) in [5.74, 6) is -0.596. The maximum atomic E-state index is 12.8. The average molecular weight is 392 g/mol. The van der Waals surface area contributed by atoms with Crippen molar-refractivity contribution in [2.24, 2.45) is 0 Å². The molecule has 2 N–H and O–H groups in total. The molecule has 5 heteroatoms. The summed E-state index contributed by atoms with van der Waals surface area (Å²) < 4.78 is 5.22. The van der Waals surface area contributed by atoms with E-state index in [1.54, 1.807) is 6.92 Å². The largest absolute Gasteiger partial charge is 0.464 e. The van der Waals surface area contributed by atoms with Crippen LogP contribution in [0.15, 0.2) is 42.6 Å². The van der Waals surface area contributed by atoms with Crippen LogP contribution in [-0.4, -0.2) is 29.5 Å². The Labute approximate surface area is 171 Å². The van der Waals surface area contributed by atoms with Gasteiger partial charge in [-0.1, -0.05) is 35.9 Å². The molecular formula is C24H28N2O3. The first-order valence-electron chi connectivity index (χ1n) is 9.96. The maximum Gasteiger partial charge on any atom is 0.328 e. The van der Waals surface area contributed by atoms with Crippen LogP contribution < -0.4 is 5.32 Å². The highest BCUT2D eigenvalue weighted by atomic mass is 16.5. The Balaban J connectivity index is 1.79. The zero-order chi connectivity index (χ0) is 21.0. The van der Waals surface area contributed by atoms with E-state index in [1.807, 2.05) is 51.2 Å². The second-order valence-corrected chi connectivity index (χ2v) is 7.49. The van der Waals surface area contributed by atoms with Gasteiger partial charge < -0.3 is 15.0 Å². The zero-order valence-electron chi connectivity index (χ0n) is 17.5. The molecule has 5 nitrogen and oxygen atoms in total. The highest BCUT2D eigenvalue weighted by Crippen LogP contribution is 2.20. The van der Waals surface area contributed by atoms with Crippen LogP contribution in [0.5, 0.6) is 0 Å². The molecule has 3 rings (SSSR count). The SMILES string of the molecule is CCOC(=O)[C@H](Cc1c[nH]c2ccccc12)NC(=O)Cc1c(C)cc(C)cc1C. The van der Waals surface area contributed by atoms with E-state index in [1.165, 1.54) is 5.56 Å². The highest BCUT2D eigenvalue weighted by molar-refractivity contribution is 5.88. The van der Waals surface area contributed by atoms with E-state index < -0.39 is 12.0 Å². The minimum atomic E-state index is -0.729. The number of hydrogen-bond acceptors (Lipinski definition) is 3. The molecule has 0 aliphatic carbocycles. The third-order valence-corrected chi connectivity index (χ3v) is 5.18. The number of aromatic nitrogens is 1. The molecule has 0 spiro atoms. The van der Waals surface area contributed by atoms with Gasteiger partial charge in [0.25, 0.3) is 0 Å². The van der Waals surface area contributed by atoms with E-state index in [4.69, 9.17) is 4.74 Å². The minimum absolute atomic E-state index is 0.182. The van der Waals surface area contributed by atoms with Crippen LogP contribution in [0.2, 0.25) is 0 Å². The predicted molar refractivity (Wildman–Crippen MR) is 115 cm³/mol. The standard InChI is InChI=1S/C24H28N2O3/c1-5-29-24(28)22(12-18-14-25-21-9-7-6-8-19(18)21)26-23(27)13-20-16(3)10-15(2)11-17(20)4/h6-11,14,22,25H,5,12-13H2,1-4H3,(H,26,27)/t22-/m0/s1. The van der Waals surface area contributed by atoms with Crippen molar-refractivity contribution in [3.63, 3.8) is 0 Å². The number of benzene rings is 2. The lowest BCUT2D eigenvalue weighted by atomic mass is 9.97. The van der Waals surface area contributed by atoms with Crippen molar-refractivity contribution in [3.8, 4) is 0 Å². The molecule has 0 aliphatic rings. The van der Waals surface area contributed by atoms with Crippen molar-refractivity contribution >= 4 is 22.8 Å². The fourth-order valence-corrected chi connectivity index (χ4v) is 3.85. The molecule has 0 fully saturated rings. The van der Waals surface area contributed by atoms with Crippen molar-refractivity contribution in [2.45, 2.75) is 46.6 Å². The van der Waals surface area contributed by atoms with Crippen molar-refractivity contribution in [2.75, 3.05) is 6.61 Å². The molecule has 1 aromatic heterocycles. The molecule has 0 bridgehead atoms. The van der Waals surface area contributed by atoms with Crippen LogP contribution in [-0.2, 0) is 27.2 Å². The van der Waals surface area contributed by atoms with Crippen molar-refractivity contribution < 1.29 is 14.3 Å². The lowest BCUT2D eigenvalue weighted by Crippen LogP contribution is -2.44. The van der Waals surface area contributed by atoms with Gasteiger partial charge in [0.15, 0.2) is 0 Å². The first-order chi connectivity index (χ1) is 13.9. The number of aromatic amines is 1. The Kier molecular flexibility index (Phi) is 6.37. The fourth-order valence-electron chi connectivity index (χ4n) is 3.85. The molecule has 0 radical (unpaired) electrons. The third kappa shape index (κ3) is 4.86. The molecular weight excluding hydrogens is 364 g/mol. The van der Waals surface area contributed by atoms with Crippen LogP contribution in [0.25, 0.3) is 10.9 Å². The number of para-hydroxylation sites is 1. The van der Waals surface area contributed by atoms with Gasteiger partial charge in [-0.3, -0.25) is 4.79 Å². The quantitative estimate of drug-likeness (QED) is 0.599. The number of fused-ring (bicyclic) bond motifs is 1. The van der Waals surface area contributed by atoms with Crippen LogP contribution >= 0.6 is 0 Å². The Morgan fingerprint density at radius 2 is 1.79 bits per heavy atom. The Bertz CT molecular complexity index is 1010. The number of carbonyl (C=O) groups is 2. The maximum absolute atomic E-state index is 12.8. The first kappa shape index (κ1) is 20.6. The lowest BCUT2D eigenvalue weighted by Gasteiger charge is -2.18. The molecule has 0 unspecified atom stereocenters. The van der Waals surface area contributed by atoms with Gasteiger partial charge in [0.2, 0.25) is 5.91 Å². The van der Waals surface area contributed by atoms with Crippen LogP contribution in [0.4, 0.5) is 0 Å². The molecule has 0 saturated heterocycles. The van der Waals surface area contributed by atoms with E-state index >= 15 is 0 Å². The summed E-state index contributed by atoms with van der Waals surface area (Å²) in [7, 11) is 0. The number of hydrogen-bond donors (Lipinski definition) is 2. The molecule has 0 saturated carbocycles. The van der Waals surface area contributed by atoms with E-state index in [9.17, 15) is 9.59 Å². The number of ether oxygens (including phenoxy) is 1. The Hall–Kier alpha value is -3.08. The summed E-state index contributed by atoms with van der Waals surface area (Å²) in [6.45, 7) is 8.10. The van der Waals surface area contributed by atoms with Crippen LogP contribution in [0.1, 0.15) is 34.7 Å². The summed E-state index contributed by atoms with van der Waals surface area (Å²) in [4.78, 5) is 28.5. The van der Waals surface area contributed by atoms with Crippen molar-refractivity contribution in [1.29, 1.82) is 0 Å². The van der Waals surface area contributed by atoms with E-state index in [2.05, 4.69) is 22.4 Å². The highest BCUT2D eigenvalue weighted by Gasteiger charge is 2.24. The van der Waals surface area contributed by atoms with Gasteiger partial charge in [0, 0.05) is 23.5 Å². The van der Waals surface area contributed by atoms with Gasteiger partial charge in [-0.15, -0.1) is 0 Å². The summed E-state index contributed by atoms with van der Waals surface area (Å²) >= 11 is 0. The van der Waals surface area contributed by atoms with Gasteiger partial charge in [0.1, 0.15) is 6.04 Å². The summed E-state index contributed by atoms with van der Waals surface area (Å²) in [5, 5.41) is 3.94. The number of nitrogens with one attached hydrogen (secondary N) is 2. The summed E-state index contributed by atoms with van der Waals surface area (Å²) in [6.07, 6.45) is 2.50. The summed E-state index contributed by atoms with van der Waals surface area (Å²) in [6, 6.07) is 11.3. The van der Waals surface area contributed by atoms with Crippen molar-refractivity contribution in [1.82, 2.24) is 10.3 Å². The van der Waals surface area contributed by atoms with Crippen LogP contribution in [0, 0.1) is 20.8 Å². The Morgan fingerprint density at radius 3 is 2.48 bits per heavy atom. The van der Waals surface area contributed by atoms with Gasteiger partial charge in [-0.2, -0.15) is 0 Å².